The molecule has 110 valence electrons. The summed E-state index contributed by atoms with van der Waals surface area (Å²) in [7, 11) is 0. The van der Waals surface area contributed by atoms with Gasteiger partial charge in [0.25, 0.3) is 0 Å². The highest BCUT2D eigenvalue weighted by Crippen LogP contribution is 2.38. The van der Waals surface area contributed by atoms with Gasteiger partial charge in [0.1, 0.15) is 17.9 Å². The average Bonchev–Trinajstić information content (AvgIpc) is 2.44. The van der Waals surface area contributed by atoms with E-state index in [4.69, 9.17) is 4.74 Å². The van der Waals surface area contributed by atoms with E-state index in [-0.39, 0.29) is 6.61 Å². The minimum absolute atomic E-state index is 0.146. The zero-order valence-corrected chi connectivity index (χ0v) is 10.7. The molecular formula is C15H11F3O3. The Morgan fingerprint density at radius 3 is 2.33 bits per heavy atom. The van der Waals surface area contributed by atoms with Crippen molar-refractivity contribution in [3.63, 3.8) is 0 Å². The lowest BCUT2D eigenvalue weighted by Crippen LogP contribution is -2.15. The Balaban J connectivity index is 2.22. The van der Waals surface area contributed by atoms with Crippen LogP contribution in [0.25, 0.3) is 0 Å². The predicted octanol–water partition coefficient (Wildman–Crippen LogP) is 3.77. The maximum atomic E-state index is 12.9. The van der Waals surface area contributed by atoms with Crippen LogP contribution in [-0.4, -0.2) is 11.1 Å². The summed E-state index contributed by atoms with van der Waals surface area (Å²) in [5, 5.41) is 9.33. The first-order chi connectivity index (χ1) is 9.89. The van der Waals surface area contributed by atoms with E-state index in [2.05, 4.69) is 0 Å². The number of hydrogen-bond donors (Lipinski definition) is 1. The van der Waals surface area contributed by atoms with Gasteiger partial charge < -0.3 is 9.84 Å². The first-order valence-electron chi connectivity index (χ1n) is 6.00. The molecule has 0 bridgehead atoms. The topological polar surface area (TPSA) is 46.5 Å². The Morgan fingerprint density at radius 2 is 1.71 bits per heavy atom. The molecule has 0 unspecified atom stereocenters. The number of rotatable bonds is 3. The second kappa shape index (κ2) is 5.87. The van der Waals surface area contributed by atoms with Crippen molar-refractivity contribution in [3.8, 4) is 5.75 Å². The molecule has 0 aliphatic carbocycles. The van der Waals surface area contributed by atoms with Gasteiger partial charge in [0, 0.05) is 0 Å². The predicted molar refractivity (Wildman–Crippen MR) is 68.7 cm³/mol. The number of benzene rings is 2. The number of alkyl halides is 3. The summed E-state index contributed by atoms with van der Waals surface area (Å²) in [5.41, 5.74) is -1.44. The fourth-order valence-electron chi connectivity index (χ4n) is 1.81. The first-order valence-corrected chi connectivity index (χ1v) is 6.00. The van der Waals surface area contributed by atoms with Crippen LogP contribution < -0.4 is 0 Å². The largest absolute Gasteiger partial charge is 0.507 e. The maximum Gasteiger partial charge on any atom is 0.420 e. The van der Waals surface area contributed by atoms with Gasteiger partial charge in [-0.2, -0.15) is 13.2 Å². The van der Waals surface area contributed by atoms with Crippen LogP contribution in [0.15, 0.2) is 48.5 Å². The van der Waals surface area contributed by atoms with Crippen LogP contribution in [0.2, 0.25) is 0 Å². The summed E-state index contributed by atoms with van der Waals surface area (Å²) in [4.78, 5) is 11.8. The maximum absolute atomic E-state index is 12.9. The lowest BCUT2D eigenvalue weighted by atomic mass is 10.1. The fraction of sp³-hybridized carbons (Fsp3) is 0.133. The molecular weight excluding hydrogens is 285 g/mol. The molecule has 2 aromatic rings. The molecule has 1 N–H and O–H groups in total. The van der Waals surface area contributed by atoms with Crippen LogP contribution in [0.1, 0.15) is 21.5 Å². The monoisotopic (exact) mass is 296 g/mol. The number of aromatic hydroxyl groups is 1. The van der Waals surface area contributed by atoms with E-state index in [9.17, 15) is 23.1 Å². The van der Waals surface area contributed by atoms with Gasteiger partial charge >= 0.3 is 12.1 Å². The molecule has 0 radical (unpaired) electrons. The molecule has 0 atom stereocenters. The lowest BCUT2D eigenvalue weighted by molar-refractivity contribution is -0.139. The zero-order valence-electron chi connectivity index (χ0n) is 10.7. The summed E-state index contributed by atoms with van der Waals surface area (Å²) in [6.45, 7) is -0.146. The zero-order chi connectivity index (χ0) is 15.5. The van der Waals surface area contributed by atoms with Crippen LogP contribution >= 0.6 is 0 Å². The van der Waals surface area contributed by atoms with Crippen molar-refractivity contribution in [1.29, 1.82) is 0 Å². The van der Waals surface area contributed by atoms with Crippen molar-refractivity contribution in [1.82, 2.24) is 0 Å². The van der Waals surface area contributed by atoms with Gasteiger partial charge in [-0.25, -0.2) is 4.79 Å². The Morgan fingerprint density at radius 1 is 1.05 bits per heavy atom. The Bertz CT molecular complexity index is 636. The van der Waals surface area contributed by atoms with Gasteiger partial charge in [0.05, 0.1) is 5.56 Å². The molecule has 0 heterocycles. The van der Waals surface area contributed by atoms with Gasteiger partial charge in [-0.3, -0.25) is 0 Å². The Kier molecular flexibility index (Phi) is 4.16. The first kappa shape index (κ1) is 14.9. The minimum atomic E-state index is -4.84. The summed E-state index contributed by atoms with van der Waals surface area (Å²) in [6.07, 6.45) is -4.84. The third kappa shape index (κ3) is 3.53. The Labute approximate surface area is 118 Å². The highest BCUT2D eigenvalue weighted by Gasteiger charge is 2.38. The number of carbonyl (C=O) groups excluding carboxylic acids is 1. The SMILES string of the molecule is O=C(OCc1ccccc1)c1cccc(O)c1C(F)(F)F. The van der Waals surface area contributed by atoms with E-state index in [1.807, 2.05) is 0 Å². The van der Waals surface area contributed by atoms with Crippen molar-refractivity contribution in [2.24, 2.45) is 0 Å². The molecule has 0 aromatic heterocycles. The number of hydrogen-bond acceptors (Lipinski definition) is 3. The number of esters is 1. The number of phenols is 1. The van der Waals surface area contributed by atoms with Gasteiger partial charge in [-0.1, -0.05) is 36.4 Å². The molecule has 0 spiro atoms. The van der Waals surface area contributed by atoms with Crippen LogP contribution in [0, 0.1) is 0 Å². The molecule has 0 fully saturated rings. The van der Waals surface area contributed by atoms with E-state index < -0.39 is 29.0 Å². The summed E-state index contributed by atoms with van der Waals surface area (Å²) in [6, 6.07) is 11.6. The summed E-state index contributed by atoms with van der Waals surface area (Å²) in [5.74, 6) is -2.14. The number of halogens is 3. The van der Waals surface area contributed by atoms with Crippen molar-refractivity contribution in [3.05, 3.63) is 65.2 Å². The fourth-order valence-corrected chi connectivity index (χ4v) is 1.81. The number of carbonyl (C=O) groups is 1. The van der Waals surface area contributed by atoms with Crippen molar-refractivity contribution >= 4 is 5.97 Å². The van der Waals surface area contributed by atoms with E-state index in [1.165, 1.54) is 0 Å². The third-order valence-electron chi connectivity index (χ3n) is 2.76. The molecule has 0 amide bonds. The summed E-state index contributed by atoms with van der Waals surface area (Å²) >= 11 is 0. The normalized spacial score (nSPS) is 11.2. The molecule has 6 heteroatoms. The molecule has 0 aliphatic heterocycles. The van der Waals surface area contributed by atoms with Crippen molar-refractivity contribution in [2.45, 2.75) is 12.8 Å². The second-order valence-electron chi connectivity index (χ2n) is 4.26. The summed E-state index contributed by atoms with van der Waals surface area (Å²) < 4.78 is 43.4. The van der Waals surface area contributed by atoms with Gasteiger partial charge in [-0.15, -0.1) is 0 Å². The highest BCUT2D eigenvalue weighted by molar-refractivity contribution is 5.92. The van der Waals surface area contributed by atoms with Crippen molar-refractivity contribution in [2.75, 3.05) is 0 Å². The van der Waals surface area contributed by atoms with Gasteiger partial charge in [-0.05, 0) is 17.7 Å². The third-order valence-corrected chi connectivity index (χ3v) is 2.76. The quantitative estimate of drug-likeness (QED) is 0.877. The lowest BCUT2D eigenvalue weighted by Gasteiger charge is -2.13. The highest BCUT2D eigenvalue weighted by atomic mass is 19.4. The molecule has 21 heavy (non-hydrogen) atoms. The Hall–Kier alpha value is -2.50. The molecule has 0 aliphatic rings. The molecule has 3 nitrogen and oxygen atoms in total. The van der Waals surface area contributed by atoms with Gasteiger partial charge in [0.15, 0.2) is 0 Å². The van der Waals surface area contributed by atoms with E-state index in [0.29, 0.717) is 5.56 Å². The second-order valence-corrected chi connectivity index (χ2v) is 4.26. The van der Waals surface area contributed by atoms with E-state index in [1.54, 1.807) is 30.3 Å². The van der Waals surface area contributed by atoms with Crippen molar-refractivity contribution < 1.29 is 27.8 Å². The molecule has 2 aromatic carbocycles. The standard InChI is InChI=1S/C15H11F3O3/c16-15(17,18)13-11(7-4-8-12(13)19)14(20)21-9-10-5-2-1-3-6-10/h1-8,19H,9H2. The van der Waals surface area contributed by atoms with Gasteiger partial charge in [0.2, 0.25) is 0 Å². The van der Waals surface area contributed by atoms with Crippen LogP contribution in [0.5, 0.6) is 5.75 Å². The van der Waals surface area contributed by atoms with E-state index in [0.717, 1.165) is 18.2 Å². The molecule has 0 saturated carbocycles. The number of phenolic OH excluding ortho intramolecular Hbond substituents is 1. The minimum Gasteiger partial charge on any atom is -0.507 e. The number of ether oxygens (including phenoxy) is 1. The van der Waals surface area contributed by atoms with Crippen LogP contribution in [-0.2, 0) is 17.5 Å². The molecule has 0 saturated heterocycles. The van der Waals surface area contributed by atoms with Crippen LogP contribution in [0.4, 0.5) is 13.2 Å². The average molecular weight is 296 g/mol. The van der Waals surface area contributed by atoms with Crippen LogP contribution in [0.3, 0.4) is 0 Å². The van der Waals surface area contributed by atoms with E-state index >= 15 is 0 Å². The smallest absolute Gasteiger partial charge is 0.420 e. The molecule has 2 rings (SSSR count).